The molecular weight excluding hydrogens is 236 g/mol. The summed E-state index contributed by atoms with van der Waals surface area (Å²) in [6.07, 6.45) is 0. The van der Waals surface area contributed by atoms with Crippen LogP contribution >= 0.6 is 0 Å². The van der Waals surface area contributed by atoms with Gasteiger partial charge in [-0.3, -0.25) is 0 Å². The molecule has 0 saturated heterocycles. The van der Waals surface area contributed by atoms with Crippen molar-refractivity contribution < 1.29 is 0 Å². The first-order valence-electron chi connectivity index (χ1n) is 6.62. The van der Waals surface area contributed by atoms with Gasteiger partial charge in [-0.2, -0.15) is 5.10 Å². The molecule has 0 aliphatic carbocycles. The number of nitrogens with zero attached hydrogens (tertiary/aromatic N) is 3. The highest BCUT2D eigenvalue weighted by molar-refractivity contribution is 5.36. The van der Waals surface area contributed by atoms with Gasteiger partial charge in [0.05, 0.1) is 11.2 Å². The summed E-state index contributed by atoms with van der Waals surface area (Å²) in [7, 11) is 0. The van der Waals surface area contributed by atoms with Gasteiger partial charge in [0, 0.05) is 0 Å². The van der Waals surface area contributed by atoms with E-state index in [1.165, 1.54) is 5.56 Å². The molecule has 0 saturated carbocycles. The molecule has 0 spiro atoms. The van der Waals surface area contributed by atoms with E-state index in [0.717, 1.165) is 17.3 Å². The molecule has 0 aliphatic heterocycles. The zero-order valence-electron chi connectivity index (χ0n) is 12.3. The fourth-order valence-corrected chi connectivity index (χ4v) is 2.01. The smallest absolute Gasteiger partial charge is 0.152 e. The Hall–Kier alpha value is -1.68. The standard InChI is InChI=1S/C15H22N4/c1-10(2)12-6-8-13(9-7-12)19-14(15(4,5)16)17-11(3)18-19/h6-10H,16H2,1-5H3. The minimum Gasteiger partial charge on any atom is -0.319 e. The molecule has 0 fully saturated rings. The van der Waals surface area contributed by atoms with E-state index < -0.39 is 5.54 Å². The lowest BCUT2D eigenvalue weighted by Gasteiger charge is -2.18. The number of aryl methyl sites for hydroxylation is 1. The van der Waals surface area contributed by atoms with Crippen LogP contribution in [0.25, 0.3) is 5.69 Å². The normalized spacial score (nSPS) is 12.2. The van der Waals surface area contributed by atoms with E-state index in [9.17, 15) is 0 Å². The molecule has 2 aromatic rings. The van der Waals surface area contributed by atoms with E-state index >= 15 is 0 Å². The van der Waals surface area contributed by atoms with Gasteiger partial charge in [-0.1, -0.05) is 26.0 Å². The highest BCUT2D eigenvalue weighted by atomic mass is 15.4. The molecule has 1 aromatic carbocycles. The van der Waals surface area contributed by atoms with E-state index in [-0.39, 0.29) is 0 Å². The first kappa shape index (κ1) is 13.7. The summed E-state index contributed by atoms with van der Waals surface area (Å²) in [4.78, 5) is 4.44. The fraction of sp³-hybridized carbons (Fsp3) is 0.467. The van der Waals surface area contributed by atoms with E-state index in [1.807, 2.05) is 25.5 Å². The lowest BCUT2D eigenvalue weighted by molar-refractivity contribution is 0.497. The van der Waals surface area contributed by atoms with Gasteiger partial charge >= 0.3 is 0 Å². The van der Waals surface area contributed by atoms with Gasteiger partial charge in [0.1, 0.15) is 5.82 Å². The number of nitrogens with two attached hydrogens (primary N) is 1. The molecule has 0 radical (unpaired) electrons. The van der Waals surface area contributed by atoms with Crippen LogP contribution in [0.2, 0.25) is 0 Å². The van der Waals surface area contributed by atoms with Crippen molar-refractivity contribution in [2.75, 3.05) is 0 Å². The van der Waals surface area contributed by atoms with Crippen LogP contribution in [0.15, 0.2) is 24.3 Å². The van der Waals surface area contributed by atoms with Crippen molar-refractivity contribution in [1.82, 2.24) is 14.8 Å². The lowest BCUT2D eigenvalue weighted by Crippen LogP contribution is -2.32. The van der Waals surface area contributed by atoms with Crippen molar-refractivity contribution in [3.05, 3.63) is 41.5 Å². The molecule has 0 amide bonds. The number of hydrogen-bond donors (Lipinski definition) is 1. The molecular formula is C15H22N4. The number of aromatic nitrogens is 3. The monoisotopic (exact) mass is 258 g/mol. The van der Waals surface area contributed by atoms with Crippen molar-refractivity contribution in [3.8, 4) is 5.69 Å². The maximum absolute atomic E-state index is 6.16. The highest BCUT2D eigenvalue weighted by Gasteiger charge is 2.23. The Balaban J connectivity index is 2.47. The average molecular weight is 258 g/mol. The zero-order valence-corrected chi connectivity index (χ0v) is 12.3. The van der Waals surface area contributed by atoms with Crippen molar-refractivity contribution in [2.45, 2.75) is 46.1 Å². The maximum atomic E-state index is 6.16. The third kappa shape index (κ3) is 2.84. The van der Waals surface area contributed by atoms with Crippen LogP contribution in [0.5, 0.6) is 0 Å². The Bertz CT molecular complexity index is 559. The zero-order chi connectivity index (χ0) is 14.2. The van der Waals surface area contributed by atoms with E-state index in [1.54, 1.807) is 0 Å². The van der Waals surface area contributed by atoms with Crippen LogP contribution in [0.3, 0.4) is 0 Å². The minimum atomic E-state index is -0.516. The summed E-state index contributed by atoms with van der Waals surface area (Å²) in [5.74, 6) is 2.04. The number of benzene rings is 1. The van der Waals surface area contributed by atoms with Crippen LogP contribution in [0.4, 0.5) is 0 Å². The quantitative estimate of drug-likeness (QED) is 0.921. The topological polar surface area (TPSA) is 56.7 Å². The highest BCUT2D eigenvalue weighted by Crippen LogP contribution is 2.21. The van der Waals surface area contributed by atoms with Crippen molar-refractivity contribution in [2.24, 2.45) is 5.73 Å². The van der Waals surface area contributed by atoms with Crippen molar-refractivity contribution in [1.29, 1.82) is 0 Å². The predicted molar refractivity (Wildman–Crippen MR) is 77.4 cm³/mol. The van der Waals surface area contributed by atoms with Gasteiger partial charge < -0.3 is 5.73 Å². The first-order chi connectivity index (χ1) is 8.79. The molecule has 1 heterocycles. The molecule has 0 bridgehead atoms. The Morgan fingerprint density at radius 2 is 1.74 bits per heavy atom. The van der Waals surface area contributed by atoms with Crippen LogP contribution in [-0.4, -0.2) is 14.8 Å². The fourth-order valence-electron chi connectivity index (χ4n) is 2.01. The van der Waals surface area contributed by atoms with Crippen molar-refractivity contribution in [3.63, 3.8) is 0 Å². The summed E-state index contributed by atoms with van der Waals surface area (Å²) in [5.41, 5.74) is 7.96. The Morgan fingerprint density at radius 1 is 1.16 bits per heavy atom. The molecule has 2 N–H and O–H groups in total. The van der Waals surface area contributed by atoms with Gasteiger partial charge in [-0.25, -0.2) is 9.67 Å². The van der Waals surface area contributed by atoms with E-state index in [2.05, 4.69) is 48.2 Å². The molecule has 2 rings (SSSR count). The summed E-state index contributed by atoms with van der Waals surface area (Å²) < 4.78 is 1.83. The second-order valence-electron chi connectivity index (χ2n) is 5.86. The lowest BCUT2D eigenvalue weighted by atomic mass is 10.0. The van der Waals surface area contributed by atoms with Gasteiger partial charge in [-0.05, 0) is 44.4 Å². The molecule has 0 unspecified atom stereocenters. The minimum absolute atomic E-state index is 0.516. The second kappa shape index (κ2) is 4.78. The first-order valence-corrected chi connectivity index (χ1v) is 6.62. The van der Waals surface area contributed by atoms with Crippen LogP contribution in [-0.2, 0) is 5.54 Å². The molecule has 4 nitrogen and oxygen atoms in total. The third-order valence-electron chi connectivity index (χ3n) is 3.09. The molecule has 102 valence electrons. The second-order valence-corrected chi connectivity index (χ2v) is 5.86. The van der Waals surface area contributed by atoms with Crippen LogP contribution in [0, 0.1) is 6.92 Å². The molecule has 1 aromatic heterocycles. The van der Waals surface area contributed by atoms with Gasteiger partial charge in [-0.15, -0.1) is 0 Å². The van der Waals surface area contributed by atoms with Crippen LogP contribution < -0.4 is 5.73 Å². The van der Waals surface area contributed by atoms with E-state index in [0.29, 0.717) is 5.92 Å². The molecule has 4 heteroatoms. The van der Waals surface area contributed by atoms with Crippen LogP contribution in [0.1, 0.15) is 50.8 Å². The largest absolute Gasteiger partial charge is 0.319 e. The SMILES string of the molecule is Cc1nc(C(C)(C)N)n(-c2ccc(C(C)C)cc2)n1. The summed E-state index contributed by atoms with van der Waals surface area (Å²) in [6, 6.07) is 8.39. The Labute approximate surface area is 114 Å². The Morgan fingerprint density at radius 3 is 2.21 bits per heavy atom. The van der Waals surface area contributed by atoms with Gasteiger partial charge in [0.15, 0.2) is 5.82 Å². The van der Waals surface area contributed by atoms with Gasteiger partial charge in [0.25, 0.3) is 0 Å². The summed E-state index contributed by atoms with van der Waals surface area (Å²) >= 11 is 0. The van der Waals surface area contributed by atoms with Crippen molar-refractivity contribution >= 4 is 0 Å². The number of rotatable bonds is 3. The predicted octanol–water partition coefficient (Wildman–Crippen LogP) is 2.89. The summed E-state index contributed by atoms with van der Waals surface area (Å²) in [6.45, 7) is 10.1. The Kier molecular flexibility index (Phi) is 3.45. The summed E-state index contributed by atoms with van der Waals surface area (Å²) in [5, 5.41) is 4.45. The van der Waals surface area contributed by atoms with E-state index in [4.69, 9.17) is 5.73 Å². The third-order valence-corrected chi connectivity index (χ3v) is 3.09. The van der Waals surface area contributed by atoms with Gasteiger partial charge in [0.2, 0.25) is 0 Å². The molecule has 0 aliphatic rings. The average Bonchev–Trinajstić information content (AvgIpc) is 2.71. The molecule has 19 heavy (non-hydrogen) atoms. The molecule has 0 atom stereocenters. The maximum Gasteiger partial charge on any atom is 0.152 e. The number of hydrogen-bond acceptors (Lipinski definition) is 3.